The molecule has 0 fully saturated rings. The highest BCUT2D eigenvalue weighted by molar-refractivity contribution is 6.02. The largest absolute Gasteiger partial charge is 0.293 e. The van der Waals surface area contributed by atoms with Crippen LogP contribution in [0.25, 0.3) is 11.1 Å². The maximum Gasteiger partial charge on any atom is 0.179 e. The molecule has 0 radical (unpaired) electrons. The van der Waals surface area contributed by atoms with Crippen LogP contribution in [0.4, 0.5) is 0 Å². The number of Topliss-reactive ketones (excluding diaryl/α,β-unsaturated/α-hetero) is 1. The highest BCUT2D eigenvalue weighted by Crippen LogP contribution is 2.40. The summed E-state index contributed by atoms with van der Waals surface area (Å²) in [7, 11) is 0. The van der Waals surface area contributed by atoms with Gasteiger partial charge in [0, 0.05) is 0 Å². The maximum atomic E-state index is 12.2. The van der Waals surface area contributed by atoms with E-state index in [1.165, 1.54) is 11.1 Å². The SMILES string of the molecule is C=C(C)C(=O)C(C#N)c1cccc2c1Cc1ccccc1-2. The van der Waals surface area contributed by atoms with E-state index in [4.69, 9.17) is 0 Å². The average molecular weight is 273 g/mol. The first-order chi connectivity index (χ1) is 10.1. The second-order valence-electron chi connectivity index (χ2n) is 5.41. The van der Waals surface area contributed by atoms with Crippen molar-refractivity contribution in [3.63, 3.8) is 0 Å². The number of ketones is 1. The van der Waals surface area contributed by atoms with Crippen LogP contribution in [0.2, 0.25) is 0 Å². The Bertz CT molecular complexity index is 795. The van der Waals surface area contributed by atoms with Gasteiger partial charge in [-0.2, -0.15) is 5.26 Å². The molecule has 1 aliphatic carbocycles. The molecule has 1 atom stereocenters. The Hall–Kier alpha value is -2.66. The molecule has 0 N–H and O–H groups in total. The van der Waals surface area contributed by atoms with Gasteiger partial charge in [-0.05, 0) is 46.7 Å². The van der Waals surface area contributed by atoms with Gasteiger partial charge in [-0.1, -0.05) is 49.0 Å². The topological polar surface area (TPSA) is 40.9 Å². The fourth-order valence-corrected chi connectivity index (χ4v) is 2.97. The molecule has 3 rings (SSSR count). The molecular formula is C19H15NO. The molecular weight excluding hydrogens is 258 g/mol. The van der Waals surface area contributed by atoms with E-state index in [0.29, 0.717) is 5.57 Å². The number of rotatable bonds is 3. The predicted octanol–water partition coefficient (Wildman–Crippen LogP) is 4.01. The molecule has 0 spiro atoms. The minimum Gasteiger partial charge on any atom is -0.293 e. The molecule has 0 saturated heterocycles. The van der Waals surface area contributed by atoms with Crippen molar-refractivity contribution in [2.45, 2.75) is 19.3 Å². The molecule has 2 aromatic carbocycles. The van der Waals surface area contributed by atoms with Gasteiger partial charge in [0.2, 0.25) is 0 Å². The van der Waals surface area contributed by atoms with Crippen molar-refractivity contribution < 1.29 is 4.79 Å². The van der Waals surface area contributed by atoms with Crippen molar-refractivity contribution in [2.24, 2.45) is 0 Å². The summed E-state index contributed by atoms with van der Waals surface area (Å²) in [5, 5.41) is 9.44. The first-order valence-corrected chi connectivity index (χ1v) is 6.93. The van der Waals surface area contributed by atoms with Crippen LogP contribution in [0.1, 0.15) is 29.5 Å². The van der Waals surface area contributed by atoms with Crippen molar-refractivity contribution in [3.8, 4) is 17.2 Å². The number of carbonyl (C=O) groups is 1. The lowest BCUT2D eigenvalue weighted by molar-refractivity contribution is -0.115. The van der Waals surface area contributed by atoms with Crippen LogP contribution < -0.4 is 0 Å². The van der Waals surface area contributed by atoms with E-state index in [0.717, 1.165) is 23.1 Å². The highest BCUT2D eigenvalue weighted by atomic mass is 16.1. The summed E-state index contributed by atoms with van der Waals surface area (Å²) >= 11 is 0. The average Bonchev–Trinajstić information content (AvgIpc) is 2.87. The van der Waals surface area contributed by atoms with Crippen molar-refractivity contribution in [2.75, 3.05) is 0 Å². The second kappa shape index (κ2) is 5.03. The maximum absolute atomic E-state index is 12.2. The minimum absolute atomic E-state index is 0.193. The van der Waals surface area contributed by atoms with Gasteiger partial charge in [-0.25, -0.2) is 0 Å². The zero-order valence-electron chi connectivity index (χ0n) is 11.9. The number of carbonyl (C=O) groups excluding carboxylic acids is 1. The van der Waals surface area contributed by atoms with Gasteiger partial charge in [-0.3, -0.25) is 4.79 Å². The number of fused-ring (bicyclic) bond motifs is 3. The molecule has 0 aliphatic heterocycles. The third-order valence-corrected chi connectivity index (χ3v) is 4.01. The fourth-order valence-electron chi connectivity index (χ4n) is 2.97. The van der Waals surface area contributed by atoms with Gasteiger partial charge in [-0.15, -0.1) is 0 Å². The number of nitrogens with zero attached hydrogens (tertiary/aromatic N) is 1. The molecule has 2 nitrogen and oxygen atoms in total. The van der Waals surface area contributed by atoms with E-state index in [-0.39, 0.29) is 5.78 Å². The van der Waals surface area contributed by atoms with E-state index in [1.54, 1.807) is 6.92 Å². The molecule has 21 heavy (non-hydrogen) atoms. The van der Waals surface area contributed by atoms with Gasteiger partial charge in [0.05, 0.1) is 6.07 Å². The van der Waals surface area contributed by atoms with Crippen molar-refractivity contribution in [1.29, 1.82) is 5.26 Å². The number of benzene rings is 2. The lowest BCUT2D eigenvalue weighted by atomic mass is 9.87. The first kappa shape index (κ1) is 13.3. The second-order valence-corrected chi connectivity index (χ2v) is 5.41. The molecule has 1 aliphatic rings. The van der Waals surface area contributed by atoms with E-state index in [9.17, 15) is 10.1 Å². The molecule has 2 heteroatoms. The standard InChI is InChI=1S/C19H15NO/c1-12(2)19(21)18(11-20)16-9-5-8-15-14-7-4-3-6-13(14)10-17(15)16/h3-9,18H,1,10H2,2H3. The summed E-state index contributed by atoms with van der Waals surface area (Å²) in [5.74, 6) is -0.950. The molecule has 0 amide bonds. The summed E-state index contributed by atoms with van der Waals surface area (Å²) in [6, 6.07) is 16.2. The van der Waals surface area contributed by atoms with Crippen molar-refractivity contribution in [1.82, 2.24) is 0 Å². The summed E-state index contributed by atoms with van der Waals surface area (Å²) in [4.78, 5) is 12.2. The van der Waals surface area contributed by atoms with Gasteiger partial charge in [0.25, 0.3) is 0 Å². The van der Waals surface area contributed by atoms with Crippen LogP contribution in [0.5, 0.6) is 0 Å². The van der Waals surface area contributed by atoms with Crippen LogP contribution in [0.3, 0.4) is 0 Å². The van der Waals surface area contributed by atoms with Gasteiger partial charge >= 0.3 is 0 Å². The monoisotopic (exact) mass is 273 g/mol. The van der Waals surface area contributed by atoms with Crippen LogP contribution in [-0.2, 0) is 11.2 Å². The summed E-state index contributed by atoms with van der Waals surface area (Å²) in [6.45, 7) is 5.34. The molecule has 0 saturated carbocycles. The Balaban J connectivity index is 2.14. The van der Waals surface area contributed by atoms with E-state index in [1.807, 2.05) is 24.3 Å². The third-order valence-electron chi connectivity index (χ3n) is 4.01. The first-order valence-electron chi connectivity index (χ1n) is 6.93. The molecule has 1 unspecified atom stereocenters. The molecule has 0 heterocycles. The third kappa shape index (κ3) is 2.08. The molecule has 102 valence electrons. The van der Waals surface area contributed by atoms with Crippen LogP contribution in [-0.4, -0.2) is 5.78 Å². The predicted molar refractivity (Wildman–Crippen MR) is 82.9 cm³/mol. The lowest BCUT2D eigenvalue weighted by Crippen LogP contribution is -2.13. The quantitative estimate of drug-likeness (QED) is 0.676. The number of allylic oxidation sites excluding steroid dienone is 1. The Labute approximate surface area is 124 Å². The smallest absolute Gasteiger partial charge is 0.179 e. The van der Waals surface area contributed by atoms with E-state index >= 15 is 0 Å². The molecule has 0 bridgehead atoms. The van der Waals surface area contributed by atoms with E-state index < -0.39 is 5.92 Å². The number of nitriles is 1. The van der Waals surface area contributed by atoms with Crippen LogP contribution in [0.15, 0.2) is 54.6 Å². The van der Waals surface area contributed by atoms with Crippen molar-refractivity contribution >= 4 is 5.78 Å². The Morgan fingerprint density at radius 1 is 1.19 bits per heavy atom. The number of hydrogen-bond donors (Lipinski definition) is 0. The van der Waals surface area contributed by atoms with Crippen LogP contribution >= 0.6 is 0 Å². The Morgan fingerprint density at radius 3 is 2.62 bits per heavy atom. The van der Waals surface area contributed by atoms with Crippen molar-refractivity contribution in [3.05, 3.63) is 71.3 Å². The van der Waals surface area contributed by atoms with Gasteiger partial charge < -0.3 is 0 Å². The summed E-state index contributed by atoms with van der Waals surface area (Å²) < 4.78 is 0. The highest BCUT2D eigenvalue weighted by Gasteiger charge is 2.28. The molecule has 0 aromatic heterocycles. The van der Waals surface area contributed by atoms with Crippen LogP contribution in [0, 0.1) is 11.3 Å². The fraction of sp³-hybridized carbons (Fsp3) is 0.158. The Kier molecular flexibility index (Phi) is 3.19. The number of hydrogen-bond acceptors (Lipinski definition) is 2. The zero-order valence-corrected chi connectivity index (χ0v) is 11.9. The lowest BCUT2D eigenvalue weighted by Gasteiger charge is -2.13. The summed E-state index contributed by atoms with van der Waals surface area (Å²) in [5.41, 5.74) is 5.93. The summed E-state index contributed by atoms with van der Waals surface area (Å²) in [6.07, 6.45) is 0.781. The zero-order chi connectivity index (χ0) is 15.0. The Morgan fingerprint density at radius 2 is 1.90 bits per heavy atom. The minimum atomic E-state index is -0.758. The van der Waals surface area contributed by atoms with Gasteiger partial charge in [0.1, 0.15) is 5.92 Å². The molecule has 2 aromatic rings. The normalized spacial score (nSPS) is 13.0. The van der Waals surface area contributed by atoms with E-state index in [2.05, 4.69) is 30.8 Å². The van der Waals surface area contributed by atoms with Gasteiger partial charge in [0.15, 0.2) is 5.78 Å².